The Bertz CT molecular complexity index is 469. The van der Waals surface area contributed by atoms with Crippen molar-refractivity contribution >= 4 is 5.82 Å². The van der Waals surface area contributed by atoms with E-state index in [4.69, 9.17) is 5.73 Å². The summed E-state index contributed by atoms with van der Waals surface area (Å²) in [5, 5.41) is 0. The first-order valence-electron chi connectivity index (χ1n) is 7.04. The molecule has 3 nitrogen and oxygen atoms in total. The first kappa shape index (κ1) is 14.1. The van der Waals surface area contributed by atoms with Crippen molar-refractivity contribution in [3.63, 3.8) is 0 Å². The average molecular weight is 259 g/mol. The number of hydrogen-bond donors (Lipinski definition) is 1. The number of rotatable bonds is 2. The molecule has 1 aromatic rings. The topological polar surface area (TPSA) is 42.1 Å². The average Bonchev–Trinajstić information content (AvgIpc) is 2.38. The van der Waals surface area contributed by atoms with Crippen molar-refractivity contribution in [2.75, 3.05) is 18.0 Å². The number of anilines is 1. The lowest BCUT2D eigenvalue weighted by Gasteiger charge is -2.34. The van der Waals surface area contributed by atoms with Gasteiger partial charge in [-0.15, -0.1) is 0 Å². The second-order valence-corrected chi connectivity index (χ2v) is 6.38. The van der Waals surface area contributed by atoms with Crippen LogP contribution in [0.5, 0.6) is 0 Å². The van der Waals surface area contributed by atoms with Gasteiger partial charge in [0.2, 0.25) is 0 Å². The minimum atomic E-state index is 0.0247. The van der Waals surface area contributed by atoms with Gasteiger partial charge >= 0.3 is 0 Å². The largest absolute Gasteiger partial charge is 0.352 e. The number of nitrogens with zero attached hydrogens (tertiary/aromatic N) is 2. The summed E-state index contributed by atoms with van der Waals surface area (Å²) in [5.74, 6) is 1.04. The lowest BCUT2D eigenvalue weighted by atomic mass is 9.83. The van der Waals surface area contributed by atoms with Crippen LogP contribution in [0.1, 0.15) is 45.7 Å². The number of aromatic nitrogens is 1. The van der Waals surface area contributed by atoms with E-state index in [-0.39, 0.29) is 11.5 Å². The van der Waals surface area contributed by atoms with Crippen molar-refractivity contribution in [1.29, 1.82) is 0 Å². The van der Waals surface area contributed by atoms with Crippen LogP contribution in [0.2, 0.25) is 0 Å². The van der Waals surface area contributed by atoms with E-state index < -0.39 is 0 Å². The molecule has 3 heteroatoms. The maximum Gasteiger partial charge on any atom is 0.133 e. The van der Waals surface area contributed by atoms with Gasteiger partial charge in [-0.05, 0) is 24.8 Å². The lowest BCUT2D eigenvalue weighted by Crippen LogP contribution is -2.33. The third kappa shape index (κ3) is 3.16. The fourth-order valence-corrected chi connectivity index (χ4v) is 2.57. The molecular formula is C16H25N3. The molecule has 104 valence electrons. The summed E-state index contributed by atoms with van der Waals surface area (Å²) < 4.78 is 0. The molecule has 1 aliphatic rings. The third-order valence-corrected chi connectivity index (χ3v) is 3.78. The molecule has 1 atom stereocenters. The summed E-state index contributed by atoms with van der Waals surface area (Å²) in [6.07, 6.45) is 5.31. The molecule has 0 spiro atoms. The second-order valence-electron chi connectivity index (χ2n) is 6.38. The Labute approximate surface area is 116 Å². The molecule has 1 aromatic heterocycles. The zero-order chi connectivity index (χ0) is 14.0. The first-order chi connectivity index (χ1) is 8.89. The van der Waals surface area contributed by atoms with Crippen molar-refractivity contribution in [3.8, 4) is 0 Å². The molecular weight excluding hydrogens is 234 g/mol. The van der Waals surface area contributed by atoms with E-state index in [2.05, 4.69) is 42.8 Å². The molecule has 0 bridgehead atoms. The van der Waals surface area contributed by atoms with Crippen LogP contribution in [0, 0.1) is 5.41 Å². The summed E-state index contributed by atoms with van der Waals surface area (Å²) in [6.45, 7) is 10.8. The third-order valence-electron chi connectivity index (χ3n) is 3.78. The predicted molar refractivity (Wildman–Crippen MR) is 81.2 cm³/mol. The standard InChI is InChI=1S/C16H25N3/c1-12(17)14-6-5-9-18-15(14)19-10-7-13(8-11-19)16(2,3)4/h5-7,9,12H,8,10-11,17H2,1-4H3. The Kier molecular flexibility index (Phi) is 3.95. The van der Waals surface area contributed by atoms with Gasteiger partial charge in [0.05, 0.1) is 0 Å². The summed E-state index contributed by atoms with van der Waals surface area (Å²) in [7, 11) is 0. The highest BCUT2D eigenvalue weighted by Crippen LogP contribution is 2.32. The van der Waals surface area contributed by atoms with Crippen LogP contribution in [0.3, 0.4) is 0 Å². The van der Waals surface area contributed by atoms with Gasteiger partial charge in [-0.1, -0.05) is 38.5 Å². The lowest BCUT2D eigenvalue weighted by molar-refractivity contribution is 0.472. The van der Waals surface area contributed by atoms with Crippen LogP contribution < -0.4 is 10.6 Å². The number of pyridine rings is 1. The molecule has 2 N–H and O–H groups in total. The Morgan fingerprint density at radius 3 is 2.63 bits per heavy atom. The molecule has 0 saturated heterocycles. The minimum absolute atomic E-state index is 0.0247. The Morgan fingerprint density at radius 1 is 1.37 bits per heavy atom. The maximum absolute atomic E-state index is 6.04. The molecule has 0 amide bonds. The smallest absolute Gasteiger partial charge is 0.133 e. The highest BCUT2D eigenvalue weighted by molar-refractivity contribution is 5.50. The van der Waals surface area contributed by atoms with E-state index in [1.807, 2.05) is 19.2 Å². The van der Waals surface area contributed by atoms with Gasteiger partial charge < -0.3 is 10.6 Å². The summed E-state index contributed by atoms with van der Waals surface area (Å²) in [4.78, 5) is 6.85. The van der Waals surface area contributed by atoms with Crippen molar-refractivity contribution in [3.05, 3.63) is 35.5 Å². The Morgan fingerprint density at radius 2 is 2.11 bits per heavy atom. The van der Waals surface area contributed by atoms with E-state index >= 15 is 0 Å². The highest BCUT2D eigenvalue weighted by Gasteiger charge is 2.23. The molecule has 0 saturated carbocycles. The van der Waals surface area contributed by atoms with E-state index in [1.165, 1.54) is 0 Å². The molecule has 2 heterocycles. The zero-order valence-corrected chi connectivity index (χ0v) is 12.5. The van der Waals surface area contributed by atoms with Crippen LogP contribution in [0.4, 0.5) is 5.82 Å². The molecule has 0 radical (unpaired) electrons. The summed E-state index contributed by atoms with van der Waals surface area (Å²) in [5.41, 5.74) is 8.99. The molecule has 19 heavy (non-hydrogen) atoms. The van der Waals surface area contributed by atoms with E-state index in [1.54, 1.807) is 5.57 Å². The van der Waals surface area contributed by atoms with Gasteiger partial charge in [0, 0.05) is 30.9 Å². The second kappa shape index (κ2) is 5.33. The van der Waals surface area contributed by atoms with Crippen LogP contribution in [0.25, 0.3) is 0 Å². The fraction of sp³-hybridized carbons (Fsp3) is 0.562. The van der Waals surface area contributed by atoms with Crippen LogP contribution in [-0.4, -0.2) is 18.1 Å². The molecule has 0 aliphatic carbocycles. The van der Waals surface area contributed by atoms with Crippen molar-refractivity contribution < 1.29 is 0 Å². The number of hydrogen-bond acceptors (Lipinski definition) is 3. The summed E-state index contributed by atoms with van der Waals surface area (Å²) >= 11 is 0. The molecule has 1 aliphatic heterocycles. The van der Waals surface area contributed by atoms with Crippen LogP contribution in [0.15, 0.2) is 30.0 Å². The molecule has 0 aromatic carbocycles. The maximum atomic E-state index is 6.04. The zero-order valence-electron chi connectivity index (χ0n) is 12.5. The molecule has 1 unspecified atom stereocenters. The highest BCUT2D eigenvalue weighted by atomic mass is 15.2. The fourth-order valence-electron chi connectivity index (χ4n) is 2.57. The van der Waals surface area contributed by atoms with E-state index in [0.717, 1.165) is 30.9 Å². The first-order valence-corrected chi connectivity index (χ1v) is 7.04. The molecule has 2 rings (SSSR count). The van der Waals surface area contributed by atoms with E-state index in [0.29, 0.717) is 0 Å². The SMILES string of the molecule is CC(N)c1cccnc1N1CC=C(C(C)(C)C)CC1. The number of nitrogens with two attached hydrogens (primary N) is 1. The molecule has 0 fully saturated rings. The van der Waals surface area contributed by atoms with Crippen LogP contribution >= 0.6 is 0 Å². The Balaban J connectivity index is 2.21. The minimum Gasteiger partial charge on any atom is -0.352 e. The normalized spacial score (nSPS) is 18.2. The predicted octanol–water partition coefficient (Wildman–Crippen LogP) is 3.28. The van der Waals surface area contributed by atoms with Gasteiger partial charge in [0.1, 0.15) is 5.82 Å². The van der Waals surface area contributed by atoms with E-state index in [9.17, 15) is 0 Å². The van der Waals surface area contributed by atoms with Gasteiger partial charge in [-0.3, -0.25) is 0 Å². The van der Waals surface area contributed by atoms with Gasteiger partial charge in [0.15, 0.2) is 0 Å². The van der Waals surface area contributed by atoms with Gasteiger partial charge in [0.25, 0.3) is 0 Å². The quantitative estimate of drug-likeness (QED) is 0.829. The van der Waals surface area contributed by atoms with Crippen LogP contribution in [-0.2, 0) is 0 Å². The van der Waals surface area contributed by atoms with Crippen molar-refractivity contribution in [2.45, 2.75) is 40.2 Å². The van der Waals surface area contributed by atoms with Crippen molar-refractivity contribution in [2.24, 2.45) is 11.1 Å². The summed E-state index contributed by atoms with van der Waals surface area (Å²) in [6, 6.07) is 4.06. The van der Waals surface area contributed by atoms with Gasteiger partial charge in [-0.2, -0.15) is 0 Å². The van der Waals surface area contributed by atoms with Crippen molar-refractivity contribution in [1.82, 2.24) is 4.98 Å². The Hall–Kier alpha value is -1.35. The monoisotopic (exact) mass is 259 g/mol. The van der Waals surface area contributed by atoms with Gasteiger partial charge in [-0.25, -0.2) is 4.98 Å².